The molecule has 0 aliphatic heterocycles. The molecule has 0 N–H and O–H groups in total. The van der Waals surface area contributed by atoms with Crippen LogP contribution in [0.4, 0.5) is 4.39 Å². The molecule has 3 aromatic heterocycles. The number of aryl methyl sites for hydroxylation is 1. The average Bonchev–Trinajstić information content (AvgIpc) is 3.48. The summed E-state index contributed by atoms with van der Waals surface area (Å²) in [6.45, 7) is 1.49. The van der Waals surface area contributed by atoms with E-state index in [4.69, 9.17) is 18.5 Å². The van der Waals surface area contributed by atoms with Gasteiger partial charge in [0.25, 0.3) is 11.6 Å². The van der Waals surface area contributed by atoms with Gasteiger partial charge in [-0.2, -0.15) is 4.98 Å². The normalized spacial score (nSPS) is 11.0. The minimum atomic E-state index is -0.613. The first-order valence-electron chi connectivity index (χ1n) is 10.3. The molecule has 0 spiro atoms. The van der Waals surface area contributed by atoms with Crippen LogP contribution in [0.1, 0.15) is 27.8 Å². The zero-order valence-corrected chi connectivity index (χ0v) is 17.9. The number of fused-ring (bicyclic) bond motifs is 1. The van der Waals surface area contributed by atoms with E-state index in [1.165, 1.54) is 24.3 Å². The van der Waals surface area contributed by atoms with Crippen LogP contribution in [0, 0.1) is 12.7 Å². The van der Waals surface area contributed by atoms with Gasteiger partial charge in [-0.1, -0.05) is 40.6 Å². The first-order valence-corrected chi connectivity index (χ1v) is 10.3. The molecule has 0 amide bonds. The van der Waals surface area contributed by atoms with Crippen LogP contribution >= 0.6 is 0 Å². The van der Waals surface area contributed by atoms with Crippen molar-refractivity contribution in [3.05, 3.63) is 89.5 Å². The smallest absolute Gasteiger partial charge is 0.339 e. The second-order valence-electron chi connectivity index (χ2n) is 7.29. The van der Waals surface area contributed by atoms with Gasteiger partial charge < -0.3 is 18.5 Å². The van der Waals surface area contributed by atoms with E-state index in [2.05, 4.69) is 20.3 Å². The molecule has 9 nitrogen and oxygen atoms in total. The zero-order chi connectivity index (χ0) is 23.5. The molecule has 0 radical (unpaired) electrons. The highest BCUT2D eigenvalue weighted by Gasteiger charge is 2.21. The Hall–Kier alpha value is -4.60. The minimum absolute atomic E-state index is 0.00831. The number of pyridine rings is 1. The van der Waals surface area contributed by atoms with Crippen molar-refractivity contribution in [1.29, 1.82) is 0 Å². The summed E-state index contributed by atoms with van der Waals surface area (Å²) in [5, 5.41) is 8.20. The molecule has 0 fully saturated rings. The van der Waals surface area contributed by atoms with Gasteiger partial charge >= 0.3 is 5.97 Å². The standard InChI is InChI=1S/C24H17FN4O5/c1-14-22-18(11-19(26-23(22)34-28-14)15-5-3-2-4-6-15)24(30)32-13-21-27-20(29-33-21)12-31-17-9-7-16(25)8-10-17/h2-11H,12-13H2,1H3. The van der Waals surface area contributed by atoms with Crippen molar-refractivity contribution < 1.29 is 27.7 Å². The van der Waals surface area contributed by atoms with Crippen molar-refractivity contribution in [1.82, 2.24) is 20.3 Å². The lowest BCUT2D eigenvalue weighted by molar-refractivity contribution is 0.0432. The highest BCUT2D eigenvalue weighted by molar-refractivity contribution is 6.04. The zero-order valence-electron chi connectivity index (χ0n) is 17.9. The molecular formula is C24H17FN4O5. The van der Waals surface area contributed by atoms with Gasteiger partial charge in [-0.05, 0) is 37.3 Å². The third-order valence-corrected chi connectivity index (χ3v) is 4.93. The lowest BCUT2D eigenvalue weighted by Gasteiger charge is -2.06. The van der Waals surface area contributed by atoms with Crippen LogP contribution in [-0.4, -0.2) is 26.3 Å². The van der Waals surface area contributed by atoms with Crippen molar-refractivity contribution in [2.75, 3.05) is 0 Å². The highest BCUT2D eigenvalue weighted by atomic mass is 19.1. The minimum Gasteiger partial charge on any atom is -0.485 e. The highest BCUT2D eigenvalue weighted by Crippen LogP contribution is 2.27. The topological polar surface area (TPSA) is 113 Å². The second kappa shape index (κ2) is 9.10. The molecule has 0 unspecified atom stereocenters. The van der Waals surface area contributed by atoms with Crippen LogP contribution in [0.3, 0.4) is 0 Å². The number of nitrogens with zero attached hydrogens (tertiary/aromatic N) is 4. The molecule has 170 valence electrons. The molecule has 5 aromatic rings. The molecule has 0 saturated carbocycles. The average molecular weight is 460 g/mol. The molecule has 34 heavy (non-hydrogen) atoms. The van der Waals surface area contributed by atoms with Gasteiger partial charge in [0.1, 0.15) is 11.6 Å². The molecule has 0 saturated heterocycles. The van der Waals surface area contributed by atoms with Crippen molar-refractivity contribution in [3.63, 3.8) is 0 Å². The number of carbonyl (C=O) groups is 1. The van der Waals surface area contributed by atoms with Crippen molar-refractivity contribution in [2.45, 2.75) is 20.1 Å². The van der Waals surface area contributed by atoms with E-state index in [0.29, 0.717) is 22.5 Å². The number of ether oxygens (including phenoxy) is 2. The Morgan fingerprint density at radius 2 is 1.76 bits per heavy atom. The number of aromatic nitrogens is 4. The monoisotopic (exact) mass is 460 g/mol. The summed E-state index contributed by atoms with van der Waals surface area (Å²) in [7, 11) is 0. The Morgan fingerprint density at radius 3 is 2.56 bits per heavy atom. The van der Waals surface area contributed by atoms with Crippen LogP contribution in [0.25, 0.3) is 22.4 Å². The van der Waals surface area contributed by atoms with E-state index in [1.54, 1.807) is 13.0 Å². The summed E-state index contributed by atoms with van der Waals surface area (Å²) >= 11 is 0. The predicted molar refractivity (Wildman–Crippen MR) is 116 cm³/mol. The summed E-state index contributed by atoms with van der Waals surface area (Å²) in [5.74, 6) is -0.165. The third-order valence-electron chi connectivity index (χ3n) is 4.93. The van der Waals surface area contributed by atoms with E-state index >= 15 is 0 Å². The van der Waals surface area contributed by atoms with Crippen LogP contribution in [-0.2, 0) is 18.0 Å². The fraction of sp³-hybridized carbons (Fsp3) is 0.125. The van der Waals surface area contributed by atoms with E-state index in [-0.39, 0.29) is 42.0 Å². The van der Waals surface area contributed by atoms with Gasteiger partial charge in [0.2, 0.25) is 5.82 Å². The fourth-order valence-corrected chi connectivity index (χ4v) is 3.30. The summed E-state index contributed by atoms with van der Waals surface area (Å²) < 4.78 is 34.3. The van der Waals surface area contributed by atoms with Gasteiger partial charge in [-0.15, -0.1) is 0 Å². The lowest BCUT2D eigenvalue weighted by Crippen LogP contribution is -2.07. The third kappa shape index (κ3) is 4.46. The molecule has 0 aliphatic carbocycles. The van der Waals surface area contributed by atoms with E-state index in [1.807, 2.05) is 30.3 Å². The Bertz CT molecular complexity index is 1450. The molecule has 3 heterocycles. The first-order chi connectivity index (χ1) is 16.6. The van der Waals surface area contributed by atoms with Crippen molar-refractivity contribution in [3.8, 4) is 17.0 Å². The number of rotatable bonds is 7. The number of esters is 1. The van der Waals surface area contributed by atoms with Crippen LogP contribution in [0.5, 0.6) is 5.75 Å². The quantitative estimate of drug-likeness (QED) is 0.320. The molecule has 0 aliphatic rings. The lowest BCUT2D eigenvalue weighted by atomic mass is 10.1. The summed E-state index contributed by atoms with van der Waals surface area (Å²) in [6.07, 6.45) is 0. The molecule has 2 aromatic carbocycles. The molecule has 0 atom stereocenters. The number of hydrogen-bond donors (Lipinski definition) is 0. The molecule has 5 rings (SSSR count). The van der Waals surface area contributed by atoms with Crippen LogP contribution in [0.15, 0.2) is 69.7 Å². The number of halogens is 1. The van der Waals surface area contributed by atoms with Gasteiger partial charge in [0.05, 0.1) is 22.3 Å². The predicted octanol–water partition coefficient (Wildman–Crippen LogP) is 4.66. The number of hydrogen-bond acceptors (Lipinski definition) is 9. The largest absolute Gasteiger partial charge is 0.485 e. The van der Waals surface area contributed by atoms with E-state index in [0.717, 1.165) is 5.56 Å². The first kappa shape index (κ1) is 21.3. The Balaban J connectivity index is 1.30. The number of carbonyl (C=O) groups excluding carboxylic acids is 1. The Kier molecular flexibility index (Phi) is 5.69. The maximum Gasteiger partial charge on any atom is 0.339 e. The van der Waals surface area contributed by atoms with E-state index in [9.17, 15) is 9.18 Å². The summed E-state index contributed by atoms with van der Waals surface area (Å²) in [6, 6.07) is 16.6. The molecule has 10 heteroatoms. The maximum atomic E-state index is 13.0. The van der Waals surface area contributed by atoms with Gasteiger partial charge in [-0.25, -0.2) is 14.2 Å². The SMILES string of the molecule is Cc1noc2nc(-c3ccccc3)cc(C(=O)OCc3nc(COc4ccc(F)cc4)no3)c12. The van der Waals surface area contributed by atoms with Crippen LogP contribution < -0.4 is 4.74 Å². The summed E-state index contributed by atoms with van der Waals surface area (Å²) in [5.41, 5.74) is 2.39. The molecule has 0 bridgehead atoms. The Morgan fingerprint density at radius 1 is 0.971 bits per heavy atom. The van der Waals surface area contributed by atoms with Crippen molar-refractivity contribution >= 4 is 17.1 Å². The van der Waals surface area contributed by atoms with Gasteiger partial charge in [0.15, 0.2) is 13.2 Å². The second-order valence-corrected chi connectivity index (χ2v) is 7.29. The van der Waals surface area contributed by atoms with Crippen molar-refractivity contribution in [2.24, 2.45) is 0 Å². The maximum absolute atomic E-state index is 13.0. The van der Waals surface area contributed by atoms with Gasteiger partial charge in [-0.3, -0.25) is 0 Å². The van der Waals surface area contributed by atoms with Crippen LogP contribution in [0.2, 0.25) is 0 Å². The fourth-order valence-electron chi connectivity index (χ4n) is 3.30. The van der Waals surface area contributed by atoms with Gasteiger partial charge in [0, 0.05) is 5.56 Å². The summed E-state index contributed by atoms with van der Waals surface area (Å²) in [4.78, 5) is 21.6. The number of benzene rings is 2. The Labute approximate surface area is 192 Å². The molecular weight excluding hydrogens is 443 g/mol. The van der Waals surface area contributed by atoms with E-state index < -0.39 is 5.97 Å².